The van der Waals surface area contributed by atoms with Gasteiger partial charge in [0.1, 0.15) is 5.82 Å². The molecule has 2 rings (SSSR count). The normalized spacial score (nSPS) is 24.1. The van der Waals surface area contributed by atoms with Crippen LogP contribution in [0.4, 0.5) is 10.1 Å². The summed E-state index contributed by atoms with van der Waals surface area (Å²) < 4.78 is 13.9. The van der Waals surface area contributed by atoms with Crippen LogP contribution in [0.3, 0.4) is 0 Å². The predicted molar refractivity (Wildman–Crippen MR) is 68.4 cm³/mol. The number of rotatable bonds is 2. The Balaban J connectivity index is 2.36. The van der Waals surface area contributed by atoms with Crippen molar-refractivity contribution in [3.8, 4) is 0 Å². The van der Waals surface area contributed by atoms with Crippen LogP contribution in [-0.4, -0.2) is 30.1 Å². The Hall–Kier alpha value is -1.42. The number of para-hydroxylation sites is 1. The predicted octanol–water partition coefficient (Wildman–Crippen LogP) is 2.24. The zero-order valence-corrected chi connectivity index (χ0v) is 10.7. The van der Waals surface area contributed by atoms with E-state index in [1.54, 1.807) is 17.0 Å². The van der Waals surface area contributed by atoms with Gasteiger partial charge in [-0.25, -0.2) is 4.39 Å². The Morgan fingerprint density at radius 2 is 2.22 bits per heavy atom. The van der Waals surface area contributed by atoms with E-state index in [1.165, 1.54) is 13.0 Å². The van der Waals surface area contributed by atoms with Gasteiger partial charge in [0.15, 0.2) is 5.78 Å². The molecular weight excluding hydrogens is 233 g/mol. The van der Waals surface area contributed by atoms with Crippen LogP contribution in [-0.2, 0) is 0 Å². The van der Waals surface area contributed by atoms with Crippen molar-refractivity contribution in [3.05, 3.63) is 29.6 Å². The van der Waals surface area contributed by atoms with Crippen LogP contribution in [0, 0.1) is 11.7 Å². The quantitative estimate of drug-likeness (QED) is 0.819. The topological polar surface area (TPSA) is 40.5 Å². The van der Waals surface area contributed by atoms with Crippen molar-refractivity contribution in [2.45, 2.75) is 26.4 Å². The molecule has 3 nitrogen and oxygen atoms in total. The molecule has 2 unspecified atom stereocenters. The number of aliphatic hydroxyl groups excluding tert-OH is 1. The summed E-state index contributed by atoms with van der Waals surface area (Å²) in [5.74, 6) is -0.337. The zero-order valence-electron chi connectivity index (χ0n) is 10.7. The molecule has 0 aromatic heterocycles. The lowest BCUT2D eigenvalue weighted by Gasteiger charge is -2.36. The first-order chi connectivity index (χ1) is 8.50. The number of ketones is 1. The summed E-state index contributed by atoms with van der Waals surface area (Å²) in [5.41, 5.74) is 0.715. The minimum atomic E-state index is -0.474. The summed E-state index contributed by atoms with van der Waals surface area (Å²) >= 11 is 0. The van der Waals surface area contributed by atoms with Crippen molar-refractivity contribution in [3.63, 3.8) is 0 Å². The summed E-state index contributed by atoms with van der Waals surface area (Å²) in [6.45, 7) is 4.46. The zero-order chi connectivity index (χ0) is 13.3. The highest BCUT2D eigenvalue weighted by molar-refractivity contribution is 5.99. The first-order valence-corrected chi connectivity index (χ1v) is 6.23. The van der Waals surface area contributed by atoms with E-state index in [1.807, 2.05) is 6.92 Å². The number of hydrogen-bond acceptors (Lipinski definition) is 3. The maximum atomic E-state index is 13.9. The number of β-amino-alcohol motifs (C(OH)–C–C–N with tert-alkyl or cyclic N) is 1. The van der Waals surface area contributed by atoms with Gasteiger partial charge in [0.05, 0.1) is 11.8 Å². The van der Waals surface area contributed by atoms with Crippen LogP contribution in [0.25, 0.3) is 0 Å². The third-order valence-electron chi connectivity index (χ3n) is 3.60. The van der Waals surface area contributed by atoms with Crippen LogP contribution in [0.15, 0.2) is 18.2 Å². The summed E-state index contributed by atoms with van der Waals surface area (Å²) in [5, 5.41) is 9.88. The number of hydrogen-bond donors (Lipinski definition) is 1. The third kappa shape index (κ3) is 2.38. The monoisotopic (exact) mass is 251 g/mol. The molecule has 0 spiro atoms. The molecule has 0 radical (unpaired) electrons. The molecule has 1 aromatic rings. The summed E-state index contributed by atoms with van der Waals surface area (Å²) in [7, 11) is 0. The molecule has 1 aliphatic rings. The van der Waals surface area contributed by atoms with E-state index in [-0.39, 0.29) is 11.7 Å². The highest BCUT2D eigenvalue weighted by Crippen LogP contribution is 2.29. The fraction of sp³-hybridized carbons (Fsp3) is 0.500. The summed E-state index contributed by atoms with van der Waals surface area (Å²) in [4.78, 5) is 13.3. The average molecular weight is 251 g/mol. The second-order valence-corrected chi connectivity index (χ2v) is 4.97. The van der Waals surface area contributed by atoms with E-state index in [9.17, 15) is 14.3 Å². The van der Waals surface area contributed by atoms with Gasteiger partial charge in [-0.1, -0.05) is 13.0 Å². The number of carbonyl (C=O) groups excluding carboxylic acids is 1. The van der Waals surface area contributed by atoms with Gasteiger partial charge in [-0.15, -0.1) is 0 Å². The van der Waals surface area contributed by atoms with Gasteiger partial charge in [0, 0.05) is 18.7 Å². The average Bonchev–Trinajstić information content (AvgIpc) is 2.32. The van der Waals surface area contributed by atoms with E-state index in [4.69, 9.17) is 0 Å². The molecule has 4 heteroatoms. The van der Waals surface area contributed by atoms with Crippen molar-refractivity contribution in [2.24, 2.45) is 5.92 Å². The van der Waals surface area contributed by atoms with Crippen LogP contribution in [0.2, 0.25) is 0 Å². The molecule has 0 amide bonds. The van der Waals surface area contributed by atoms with Crippen molar-refractivity contribution >= 4 is 11.5 Å². The first kappa shape index (κ1) is 13.0. The van der Waals surface area contributed by atoms with Gasteiger partial charge in [-0.2, -0.15) is 0 Å². The molecule has 1 saturated heterocycles. The minimum Gasteiger partial charge on any atom is -0.391 e. The van der Waals surface area contributed by atoms with E-state index >= 15 is 0 Å². The Kier molecular flexibility index (Phi) is 3.66. The Morgan fingerprint density at radius 3 is 2.83 bits per heavy atom. The van der Waals surface area contributed by atoms with Gasteiger partial charge < -0.3 is 10.0 Å². The number of Topliss-reactive ketones (excluding diaryl/α,β-unsaturated/α-hetero) is 1. The maximum absolute atomic E-state index is 13.9. The highest BCUT2D eigenvalue weighted by atomic mass is 19.1. The molecule has 0 aliphatic carbocycles. The number of carbonyl (C=O) groups is 1. The number of benzene rings is 1. The molecule has 2 atom stereocenters. The second kappa shape index (κ2) is 5.06. The molecule has 1 fully saturated rings. The molecule has 98 valence electrons. The van der Waals surface area contributed by atoms with E-state index in [2.05, 4.69) is 0 Å². The van der Waals surface area contributed by atoms with Crippen molar-refractivity contribution in [2.75, 3.05) is 18.0 Å². The van der Waals surface area contributed by atoms with Crippen molar-refractivity contribution in [1.29, 1.82) is 0 Å². The lowest BCUT2D eigenvalue weighted by atomic mass is 9.94. The van der Waals surface area contributed by atoms with Gasteiger partial charge >= 0.3 is 0 Å². The van der Waals surface area contributed by atoms with Crippen molar-refractivity contribution < 1.29 is 14.3 Å². The SMILES string of the molecule is CC(=O)c1cccc(F)c1N1CCC(C)C(O)C1. The molecule has 1 heterocycles. The molecule has 0 bridgehead atoms. The third-order valence-corrected chi connectivity index (χ3v) is 3.60. The van der Waals surface area contributed by atoms with Gasteiger partial charge in [0.25, 0.3) is 0 Å². The maximum Gasteiger partial charge on any atom is 0.161 e. The van der Waals surface area contributed by atoms with Crippen LogP contribution < -0.4 is 4.90 Å². The molecule has 0 saturated carbocycles. The van der Waals surface area contributed by atoms with E-state index in [0.29, 0.717) is 24.3 Å². The molecule has 1 N–H and O–H groups in total. The van der Waals surface area contributed by atoms with Crippen LogP contribution in [0.1, 0.15) is 30.6 Å². The number of aliphatic hydroxyl groups is 1. The summed E-state index contributed by atoms with van der Waals surface area (Å²) in [6, 6.07) is 4.52. The second-order valence-electron chi connectivity index (χ2n) is 4.97. The highest BCUT2D eigenvalue weighted by Gasteiger charge is 2.27. The van der Waals surface area contributed by atoms with Gasteiger partial charge in [-0.05, 0) is 31.4 Å². The Bertz CT molecular complexity index is 461. The number of nitrogens with zero attached hydrogens (tertiary/aromatic N) is 1. The molecule has 1 aliphatic heterocycles. The standard InChI is InChI=1S/C14H18FNO2/c1-9-6-7-16(8-13(9)18)14-11(10(2)17)4-3-5-12(14)15/h3-5,9,13,18H,6-8H2,1-2H3. The molecule has 18 heavy (non-hydrogen) atoms. The largest absolute Gasteiger partial charge is 0.391 e. The lowest BCUT2D eigenvalue weighted by Crippen LogP contribution is -2.43. The van der Waals surface area contributed by atoms with Gasteiger partial charge in [0.2, 0.25) is 0 Å². The van der Waals surface area contributed by atoms with E-state index < -0.39 is 11.9 Å². The fourth-order valence-corrected chi connectivity index (χ4v) is 2.37. The first-order valence-electron chi connectivity index (χ1n) is 6.23. The van der Waals surface area contributed by atoms with Crippen LogP contribution >= 0.6 is 0 Å². The Labute approximate surface area is 106 Å². The number of piperidine rings is 1. The van der Waals surface area contributed by atoms with Gasteiger partial charge in [-0.3, -0.25) is 4.79 Å². The van der Waals surface area contributed by atoms with Crippen molar-refractivity contribution in [1.82, 2.24) is 0 Å². The van der Waals surface area contributed by atoms with E-state index in [0.717, 1.165) is 6.42 Å². The molecular formula is C14H18FNO2. The smallest absolute Gasteiger partial charge is 0.161 e. The Morgan fingerprint density at radius 1 is 1.50 bits per heavy atom. The fourth-order valence-electron chi connectivity index (χ4n) is 2.37. The summed E-state index contributed by atoms with van der Waals surface area (Å²) in [6.07, 6.45) is 0.325. The molecule has 1 aromatic carbocycles. The van der Waals surface area contributed by atoms with Crippen LogP contribution in [0.5, 0.6) is 0 Å². The minimum absolute atomic E-state index is 0.155. The number of halogens is 1. The number of anilines is 1. The lowest BCUT2D eigenvalue weighted by molar-refractivity contribution is 0.0994.